The van der Waals surface area contributed by atoms with Crippen LogP contribution in [0.15, 0.2) is 72.6 Å². The maximum Gasteiger partial charge on any atom is 0.323 e. The third kappa shape index (κ3) is 4.99. The Kier molecular flexibility index (Phi) is 6.35. The molecule has 1 saturated heterocycles. The van der Waals surface area contributed by atoms with E-state index < -0.39 is 0 Å². The first-order valence-corrected chi connectivity index (χ1v) is 11.9. The summed E-state index contributed by atoms with van der Waals surface area (Å²) in [6.07, 6.45) is 5.71. The van der Waals surface area contributed by atoms with E-state index in [-0.39, 0.29) is 18.4 Å². The lowest BCUT2D eigenvalue weighted by molar-refractivity contribution is -0.120. The number of aromatic nitrogens is 3. The van der Waals surface area contributed by atoms with Crippen LogP contribution in [0.1, 0.15) is 16.8 Å². The highest BCUT2D eigenvalue weighted by atomic mass is 32.1. The molecular weight excluding hydrogens is 448 g/mol. The maximum atomic E-state index is 12.6. The molecule has 0 saturated carbocycles. The van der Waals surface area contributed by atoms with E-state index in [4.69, 9.17) is 0 Å². The van der Waals surface area contributed by atoms with Crippen molar-refractivity contribution >= 4 is 28.4 Å². The van der Waals surface area contributed by atoms with Gasteiger partial charge in [-0.3, -0.25) is 9.69 Å². The summed E-state index contributed by atoms with van der Waals surface area (Å²) in [6, 6.07) is 16.4. The number of imidazole rings is 1. The van der Waals surface area contributed by atoms with Crippen molar-refractivity contribution in [3.05, 3.63) is 89.5 Å². The van der Waals surface area contributed by atoms with E-state index in [2.05, 4.69) is 50.9 Å². The molecule has 0 radical (unpaired) electrons. The van der Waals surface area contributed by atoms with E-state index in [1.807, 2.05) is 40.7 Å². The number of nitrogens with one attached hydrogen (secondary N) is 2. The van der Waals surface area contributed by atoms with Crippen molar-refractivity contribution in [2.75, 3.05) is 18.0 Å². The van der Waals surface area contributed by atoms with Crippen LogP contribution in [-0.4, -0.2) is 39.6 Å². The van der Waals surface area contributed by atoms with Gasteiger partial charge in [0.05, 0.1) is 18.4 Å². The third-order valence-corrected chi connectivity index (χ3v) is 6.56. The Labute approximate surface area is 201 Å². The summed E-state index contributed by atoms with van der Waals surface area (Å²) in [5.74, 6) is -0.104. The number of benzene rings is 2. The van der Waals surface area contributed by atoms with E-state index >= 15 is 0 Å². The fourth-order valence-electron chi connectivity index (χ4n) is 3.91. The highest BCUT2D eigenvalue weighted by molar-refractivity contribution is 7.14. The molecule has 1 fully saturated rings. The molecule has 0 spiro atoms. The molecule has 0 atom stereocenters. The largest absolute Gasteiger partial charge is 0.352 e. The Morgan fingerprint density at radius 1 is 1.15 bits per heavy atom. The lowest BCUT2D eigenvalue weighted by Crippen LogP contribution is -2.28. The maximum absolute atomic E-state index is 12.6. The minimum Gasteiger partial charge on any atom is -0.352 e. The van der Waals surface area contributed by atoms with E-state index in [0.29, 0.717) is 30.5 Å². The molecular formula is C25H24N6O2S. The van der Waals surface area contributed by atoms with Crippen molar-refractivity contribution in [2.24, 2.45) is 0 Å². The lowest BCUT2D eigenvalue weighted by atomic mass is 9.98. The molecule has 2 aromatic carbocycles. The summed E-state index contributed by atoms with van der Waals surface area (Å²) in [5.41, 5.74) is 5.10. The van der Waals surface area contributed by atoms with Gasteiger partial charge in [-0.25, -0.2) is 14.8 Å². The van der Waals surface area contributed by atoms with Gasteiger partial charge in [-0.2, -0.15) is 0 Å². The molecule has 0 unspecified atom stereocenters. The molecule has 2 aromatic heterocycles. The number of amides is 3. The highest BCUT2D eigenvalue weighted by Gasteiger charge is 2.24. The molecule has 8 nitrogen and oxygen atoms in total. The second-order valence-corrected chi connectivity index (χ2v) is 8.88. The van der Waals surface area contributed by atoms with Crippen LogP contribution in [0.3, 0.4) is 0 Å². The van der Waals surface area contributed by atoms with E-state index in [0.717, 1.165) is 23.2 Å². The smallest absolute Gasteiger partial charge is 0.323 e. The first-order chi connectivity index (χ1) is 16.7. The van der Waals surface area contributed by atoms with Crippen molar-refractivity contribution in [1.29, 1.82) is 0 Å². The normalized spacial score (nSPS) is 13.2. The Balaban J connectivity index is 1.21. The lowest BCUT2D eigenvalue weighted by Gasteiger charge is -2.12. The first-order valence-electron chi connectivity index (χ1n) is 11.0. The second kappa shape index (κ2) is 9.88. The van der Waals surface area contributed by atoms with Crippen molar-refractivity contribution in [2.45, 2.75) is 19.5 Å². The summed E-state index contributed by atoms with van der Waals surface area (Å²) in [4.78, 5) is 34.5. The quantitative estimate of drug-likeness (QED) is 0.411. The van der Waals surface area contributed by atoms with Crippen LogP contribution in [0.25, 0.3) is 11.1 Å². The van der Waals surface area contributed by atoms with E-state index in [1.165, 1.54) is 16.9 Å². The number of carbonyl (C=O) groups excluding carboxylic acids is 2. The summed E-state index contributed by atoms with van der Waals surface area (Å²) in [7, 11) is 0. The summed E-state index contributed by atoms with van der Waals surface area (Å²) in [5, 5.41) is 8.23. The van der Waals surface area contributed by atoms with Crippen LogP contribution in [-0.2, 0) is 24.3 Å². The van der Waals surface area contributed by atoms with Crippen LogP contribution < -0.4 is 15.5 Å². The van der Waals surface area contributed by atoms with Gasteiger partial charge < -0.3 is 15.2 Å². The predicted molar refractivity (Wildman–Crippen MR) is 132 cm³/mol. The highest BCUT2D eigenvalue weighted by Crippen LogP contribution is 2.25. The Bertz CT molecular complexity index is 1280. The topological polar surface area (TPSA) is 92.1 Å². The first kappa shape index (κ1) is 21.8. The number of nitrogens with zero attached hydrogens (tertiary/aromatic N) is 4. The van der Waals surface area contributed by atoms with Crippen LogP contribution in [0.2, 0.25) is 0 Å². The second-order valence-electron chi connectivity index (χ2n) is 8.05. The van der Waals surface area contributed by atoms with E-state index in [9.17, 15) is 9.59 Å². The number of carbonyl (C=O) groups is 2. The van der Waals surface area contributed by atoms with Gasteiger partial charge in [-0.1, -0.05) is 48.5 Å². The van der Waals surface area contributed by atoms with Crippen LogP contribution >= 0.6 is 11.3 Å². The average Bonchev–Trinajstić information content (AvgIpc) is 3.61. The molecule has 1 aliphatic heterocycles. The van der Waals surface area contributed by atoms with Gasteiger partial charge in [0.2, 0.25) is 5.91 Å². The molecule has 34 heavy (non-hydrogen) atoms. The zero-order valence-electron chi connectivity index (χ0n) is 18.5. The molecule has 3 heterocycles. The van der Waals surface area contributed by atoms with Crippen LogP contribution in [0.4, 0.5) is 9.93 Å². The molecule has 2 N–H and O–H groups in total. The van der Waals surface area contributed by atoms with Gasteiger partial charge in [0.25, 0.3) is 0 Å². The average molecular weight is 473 g/mol. The van der Waals surface area contributed by atoms with Crippen LogP contribution in [0.5, 0.6) is 0 Å². The summed E-state index contributed by atoms with van der Waals surface area (Å²) in [6.45, 7) is 2.41. The number of hydrogen-bond donors (Lipinski definition) is 2. The van der Waals surface area contributed by atoms with Gasteiger partial charge >= 0.3 is 6.03 Å². The Morgan fingerprint density at radius 2 is 2.00 bits per heavy atom. The van der Waals surface area contributed by atoms with Crippen molar-refractivity contribution in [1.82, 2.24) is 25.2 Å². The molecule has 4 aromatic rings. The summed E-state index contributed by atoms with van der Waals surface area (Å²) < 4.78 is 2.03. The van der Waals surface area contributed by atoms with Gasteiger partial charge in [-0.05, 0) is 22.3 Å². The number of urea groups is 1. The summed E-state index contributed by atoms with van der Waals surface area (Å²) >= 11 is 1.38. The molecule has 0 bridgehead atoms. The Hall–Kier alpha value is -3.98. The van der Waals surface area contributed by atoms with Gasteiger partial charge in [0.1, 0.15) is 0 Å². The Morgan fingerprint density at radius 3 is 2.76 bits per heavy atom. The molecule has 0 aliphatic carbocycles. The third-order valence-electron chi connectivity index (χ3n) is 5.65. The van der Waals surface area contributed by atoms with Gasteiger partial charge in [-0.15, -0.1) is 11.3 Å². The standard InChI is InChI=1S/C25H24N6O2S/c32-23(13-21-16-34-25(29-21)31-12-10-27-24(31)33)28-14-20-3-1-2-4-22(20)19-7-5-18(6-8-19)15-30-11-9-26-17-30/h1-9,11,16-17H,10,12-15H2,(H,27,33)(H,28,32). The molecule has 9 heteroatoms. The van der Waals surface area contributed by atoms with Gasteiger partial charge in [0.15, 0.2) is 5.13 Å². The molecule has 5 rings (SSSR count). The molecule has 1 aliphatic rings. The van der Waals surface area contributed by atoms with Gasteiger partial charge in [0, 0.05) is 44.0 Å². The van der Waals surface area contributed by atoms with Crippen molar-refractivity contribution in [3.8, 4) is 11.1 Å². The molecule has 172 valence electrons. The number of thiazole rings is 1. The zero-order chi connectivity index (χ0) is 23.3. The fourth-order valence-corrected chi connectivity index (χ4v) is 4.76. The SMILES string of the molecule is O=C(Cc1csc(N2CCNC2=O)n1)NCc1ccccc1-c1ccc(Cn2ccnc2)cc1. The molecule has 3 amide bonds. The van der Waals surface area contributed by atoms with Crippen molar-refractivity contribution < 1.29 is 9.59 Å². The predicted octanol–water partition coefficient (Wildman–Crippen LogP) is 3.44. The van der Waals surface area contributed by atoms with E-state index in [1.54, 1.807) is 11.1 Å². The monoisotopic (exact) mass is 472 g/mol. The number of anilines is 1. The minimum absolute atomic E-state index is 0.104. The number of hydrogen-bond acceptors (Lipinski definition) is 5. The van der Waals surface area contributed by atoms with Crippen LogP contribution in [0, 0.1) is 0 Å². The number of rotatable bonds is 8. The fraction of sp³-hybridized carbons (Fsp3) is 0.200. The zero-order valence-corrected chi connectivity index (χ0v) is 19.3. The van der Waals surface area contributed by atoms with Crippen molar-refractivity contribution in [3.63, 3.8) is 0 Å². The minimum atomic E-state index is -0.142.